The second-order valence-corrected chi connectivity index (χ2v) is 5.82. The maximum atomic E-state index is 11.3. The van der Waals surface area contributed by atoms with Crippen molar-refractivity contribution in [1.82, 2.24) is 4.98 Å². The first-order valence-electron chi connectivity index (χ1n) is 6.14. The Morgan fingerprint density at radius 1 is 1.00 bits per heavy atom. The van der Waals surface area contributed by atoms with Crippen LogP contribution in [-0.4, -0.2) is 10.1 Å². The molecular formula is C16H12ClNOS. The molecule has 0 aliphatic heterocycles. The normalized spacial score (nSPS) is 13.9. The maximum absolute atomic E-state index is 11.3. The Bertz CT molecular complexity index is 682. The van der Waals surface area contributed by atoms with Crippen LogP contribution >= 0.6 is 22.9 Å². The third kappa shape index (κ3) is 2.24. The Kier molecular flexibility index (Phi) is 3.57. The van der Waals surface area contributed by atoms with E-state index >= 15 is 0 Å². The molecule has 1 aromatic carbocycles. The van der Waals surface area contributed by atoms with Gasteiger partial charge >= 0.3 is 0 Å². The Hall–Kier alpha value is -1.68. The van der Waals surface area contributed by atoms with Crippen LogP contribution in [0.5, 0.6) is 0 Å². The molecule has 100 valence electrons. The molecule has 2 nitrogen and oxygen atoms in total. The number of benzene rings is 1. The van der Waals surface area contributed by atoms with E-state index in [4.69, 9.17) is 11.6 Å². The van der Waals surface area contributed by atoms with E-state index in [-0.39, 0.29) is 0 Å². The van der Waals surface area contributed by atoms with Crippen molar-refractivity contribution in [1.29, 1.82) is 0 Å². The molecule has 1 unspecified atom stereocenters. The summed E-state index contributed by atoms with van der Waals surface area (Å²) in [6, 6.07) is 14.8. The third-order valence-electron chi connectivity index (χ3n) is 3.22. The molecular weight excluding hydrogens is 290 g/mol. The van der Waals surface area contributed by atoms with E-state index in [1.165, 1.54) is 11.3 Å². The van der Waals surface area contributed by atoms with Crippen LogP contribution in [0.25, 0.3) is 0 Å². The zero-order valence-corrected chi connectivity index (χ0v) is 12.1. The summed E-state index contributed by atoms with van der Waals surface area (Å²) in [6.07, 6.45) is 3.38. The lowest BCUT2D eigenvalue weighted by molar-refractivity contribution is 0.129. The number of hydrogen-bond acceptors (Lipinski definition) is 3. The molecule has 2 heterocycles. The van der Waals surface area contributed by atoms with Crippen molar-refractivity contribution in [3.05, 3.63) is 87.3 Å². The molecule has 1 N–H and O–H groups in total. The minimum atomic E-state index is -1.20. The van der Waals surface area contributed by atoms with Gasteiger partial charge in [0.1, 0.15) is 0 Å². The molecule has 0 radical (unpaired) electrons. The number of pyridine rings is 1. The standard InChI is InChI=1S/C16H12ClNOS/c17-14-7-5-12(6-8-14)16(19,15-4-2-10-20-15)13-3-1-9-18-11-13/h1-11,19H. The summed E-state index contributed by atoms with van der Waals surface area (Å²) < 4.78 is 0. The highest BCUT2D eigenvalue weighted by atomic mass is 35.5. The van der Waals surface area contributed by atoms with Crippen molar-refractivity contribution in [2.45, 2.75) is 5.60 Å². The molecule has 3 aromatic rings. The molecule has 0 aliphatic rings. The monoisotopic (exact) mass is 301 g/mol. The summed E-state index contributed by atoms with van der Waals surface area (Å²) in [4.78, 5) is 4.98. The second-order valence-electron chi connectivity index (χ2n) is 4.44. The van der Waals surface area contributed by atoms with Crippen molar-refractivity contribution >= 4 is 22.9 Å². The zero-order valence-electron chi connectivity index (χ0n) is 10.5. The summed E-state index contributed by atoms with van der Waals surface area (Å²) in [5.41, 5.74) is 0.314. The molecule has 0 saturated heterocycles. The van der Waals surface area contributed by atoms with Gasteiger partial charge in [-0.15, -0.1) is 11.3 Å². The Morgan fingerprint density at radius 3 is 2.40 bits per heavy atom. The van der Waals surface area contributed by atoms with Gasteiger partial charge in [-0.05, 0) is 35.2 Å². The van der Waals surface area contributed by atoms with Crippen molar-refractivity contribution in [3.8, 4) is 0 Å². The van der Waals surface area contributed by atoms with Gasteiger partial charge < -0.3 is 5.11 Å². The summed E-state index contributed by atoms with van der Waals surface area (Å²) in [5.74, 6) is 0. The van der Waals surface area contributed by atoms with Crippen LogP contribution in [0.2, 0.25) is 5.02 Å². The van der Waals surface area contributed by atoms with Gasteiger partial charge in [-0.1, -0.05) is 35.9 Å². The maximum Gasteiger partial charge on any atom is 0.151 e. The van der Waals surface area contributed by atoms with Gasteiger partial charge in [-0.25, -0.2) is 0 Å². The minimum absolute atomic E-state index is 0.647. The zero-order chi connectivity index (χ0) is 14.0. The first-order chi connectivity index (χ1) is 9.71. The number of hydrogen-bond donors (Lipinski definition) is 1. The second kappa shape index (κ2) is 5.37. The molecule has 0 fully saturated rings. The van der Waals surface area contributed by atoms with Crippen molar-refractivity contribution in [2.24, 2.45) is 0 Å². The number of aromatic nitrogens is 1. The first-order valence-corrected chi connectivity index (χ1v) is 7.40. The van der Waals surface area contributed by atoms with E-state index in [2.05, 4.69) is 4.98 Å². The number of rotatable bonds is 3. The van der Waals surface area contributed by atoms with E-state index in [9.17, 15) is 5.11 Å². The van der Waals surface area contributed by atoms with E-state index in [1.54, 1.807) is 24.5 Å². The van der Waals surface area contributed by atoms with Crippen LogP contribution in [0.4, 0.5) is 0 Å². The minimum Gasteiger partial charge on any atom is -0.375 e. The highest BCUT2D eigenvalue weighted by Crippen LogP contribution is 2.38. The molecule has 2 aromatic heterocycles. The van der Waals surface area contributed by atoms with Gasteiger partial charge in [0, 0.05) is 27.9 Å². The molecule has 0 amide bonds. The van der Waals surface area contributed by atoms with Crippen LogP contribution < -0.4 is 0 Å². The van der Waals surface area contributed by atoms with E-state index < -0.39 is 5.60 Å². The smallest absolute Gasteiger partial charge is 0.151 e. The van der Waals surface area contributed by atoms with E-state index in [1.807, 2.05) is 41.8 Å². The van der Waals surface area contributed by atoms with Gasteiger partial charge in [-0.2, -0.15) is 0 Å². The SMILES string of the molecule is OC(c1ccc(Cl)cc1)(c1cccnc1)c1cccs1. The van der Waals surface area contributed by atoms with Crippen LogP contribution in [0.15, 0.2) is 66.3 Å². The lowest BCUT2D eigenvalue weighted by Gasteiger charge is -2.28. The average Bonchev–Trinajstić information content (AvgIpc) is 3.03. The molecule has 3 rings (SSSR count). The van der Waals surface area contributed by atoms with Crippen LogP contribution in [0, 0.1) is 0 Å². The topological polar surface area (TPSA) is 33.1 Å². The van der Waals surface area contributed by atoms with Crippen LogP contribution in [0.1, 0.15) is 16.0 Å². The predicted octanol–water partition coefficient (Wildman–Crippen LogP) is 4.08. The van der Waals surface area contributed by atoms with Gasteiger partial charge in [-0.3, -0.25) is 4.98 Å². The Labute approximate surface area is 126 Å². The number of nitrogens with zero attached hydrogens (tertiary/aromatic N) is 1. The molecule has 20 heavy (non-hydrogen) atoms. The van der Waals surface area contributed by atoms with Gasteiger partial charge in [0.15, 0.2) is 5.60 Å². The average molecular weight is 302 g/mol. The number of thiophene rings is 1. The summed E-state index contributed by atoms with van der Waals surface area (Å²) in [5, 5.41) is 13.9. The largest absolute Gasteiger partial charge is 0.375 e. The Morgan fingerprint density at radius 2 is 1.80 bits per heavy atom. The fraction of sp³-hybridized carbons (Fsp3) is 0.0625. The molecule has 0 spiro atoms. The van der Waals surface area contributed by atoms with Gasteiger partial charge in [0.25, 0.3) is 0 Å². The van der Waals surface area contributed by atoms with E-state index in [0.717, 1.165) is 16.0 Å². The molecule has 0 bridgehead atoms. The van der Waals surface area contributed by atoms with Crippen LogP contribution in [0.3, 0.4) is 0 Å². The first kappa shape index (κ1) is 13.3. The summed E-state index contributed by atoms with van der Waals surface area (Å²) >= 11 is 7.45. The molecule has 0 saturated carbocycles. The third-order valence-corrected chi connectivity index (χ3v) is 4.45. The van der Waals surface area contributed by atoms with Crippen molar-refractivity contribution in [3.63, 3.8) is 0 Å². The quantitative estimate of drug-likeness (QED) is 0.790. The molecule has 0 aliphatic carbocycles. The fourth-order valence-corrected chi connectivity index (χ4v) is 3.20. The van der Waals surface area contributed by atoms with Crippen LogP contribution in [-0.2, 0) is 5.60 Å². The van der Waals surface area contributed by atoms with Gasteiger partial charge in [0.05, 0.1) is 0 Å². The highest BCUT2D eigenvalue weighted by Gasteiger charge is 2.34. The number of aliphatic hydroxyl groups is 1. The van der Waals surface area contributed by atoms with Crippen molar-refractivity contribution in [2.75, 3.05) is 0 Å². The van der Waals surface area contributed by atoms with Gasteiger partial charge in [0.2, 0.25) is 0 Å². The lowest BCUT2D eigenvalue weighted by atomic mass is 9.86. The summed E-state index contributed by atoms with van der Waals surface area (Å²) in [7, 11) is 0. The number of halogens is 1. The van der Waals surface area contributed by atoms with E-state index in [0.29, 0.717) is 5.02 Å². The highest BCUT2D eigenvalue weighted by molar-refractivity contribution is 7.10. The summed E-state index contributed by atoms with van der Waals surface area (Å²) in [6.45, 7) is 0. The Balaban J connectivity index is 2.21. The fourth-order valence-electron chi connectivity index (χ4n) is 2.20. The molecule has 4 heteroatoms. The van der Waals surface area contributed by atoms with Crippen molar-refractivity contribution < 1.29 is 5.11 Å². The lowest BCUT2D eigenvalue weighted by Crippen LogP contribution is -2.27. The molecule has 1 atom stereocenters. The predicted molar refractivity (Wildman–Crippen MR) is 82.1 cm³/mol.